The quantitative estimate of drug-likeness (QED) is 0.825. The predicted octanol–water partition coefficient (Wildman–Crippen LogP) is 3.76. The highest BCUT2D eigenvalue weighted by Crippen LogP contribution is 2.20. The number of nitrogens with zero attached hydrogens (tertiary/aromatic N) is 3. The van der Waals surface area contributed by atoms with E-state index in [0.29, 0.717) is 0 Å². The molecule has 4 heteroatoms. The molecule has 1 unspecified atom stereocenters. The summed E-state index contributed by atoms with van der Waals surface area (Å²) in [5.74, 6) is 2.53. The van der Waals surface area contributed by atoms with Crippen LogP contribution >= 0.6 is 0 Å². The molecule has 1 aliphatic heterocycles. The Labute approximate surface area is 139 Å². The van der Waals surface area contributed by atoms with Gasteiger partial charge in [0.2, 0.25) is 5.95 Å². The second-order valence-corrected chi connectivity index (χ2v) is 6.45. The van der Waals surface area contributed by atoms with Gasteiger partial charge < -0.3 is 10.2 Å². The molecule has 23 heavy (non-hydrogen) atoms. The molecule has 1 N–H and O–H groups in total. The topological polar surface area (TPSA) is 41.1 Å². The van der Waals surface area contributed by atoms with Crippen LogP contribution in [0.2, 0.25) is 0 Å². The van der Waals surface area contributed by atoms with Gasteiger partial charge in [0, 0.05) is 25.8 Å². The zero-order chi connectivity index (χ0) is 15.9. The van der Waals surface area contributed by atoms with E-state index in [1.165, 1.54) is 18.4 Å². The summed E-state index contributed by atoms with van der Waals surface area (Å²) in [5.41, 5.74) is 1.39. The minimum absolute atomic E-state index is 0.731. The third-order valence-corrected chi connectivity index (χ3v) is 4.37. The Morgan fingerprint density at radius 3 is 2.91 bits per heavy atom. The van der Waals surface area contributed by atoms with Crippen LogP contribution in [0.25, 0.3) is 0 Å². The Hall–Kier alpha value is -2.10. The summed E-state index contributed by atoms with van der Waals surface area (Å²) in [4.78, 5) is 11.4. The fourth-order valence-corrected chi connectivity index (χ4v) is 3.12. The fourth-order valence-electron chi connectivity index (χ4n) is 3.12. The van der Waals surface area contributed by atoms with Gasteiger partial charge in [-0.2, -0.15) is 4.98 Å². The van der Waals surface area contributed by atoms with E-state index in [1.807, 2.05) is 12.3 Å². The second-order valence-electron chi connectivity index (χ2n) is 6.45. The van der Waals surface area contributed by atoms with Crippen LogP contribution in [-0.4, -0.2) is 29.6 Å². The molecule has 1 aliphatic rings. The maximum absolute atomic E-state index is 4.68. The van der Waals surface area contributed by atoms with Crippen LogP contribution in [0.1, 0.15) is 31.7 Å². The first-order chi connectivity index (χ1) is 11.3. The number of piperidine rings is 1. The molecule has 3 rings (SSSR count). The van der Waals surface area contributed by atoms with Gasteiger partial charge in [-0.3, -0.25) is 0 Å². The van der Waals surface area contributed by atoms with Crippen molar-refractivity contribution in [2.45, 2.75) is 32.6 Å². The summed E-state index contributed by atoms with van der Waals surface area (Å²) in [6.45, 7) is 5.37. The van der Waals surface area contributed by atoms with Crippen LogP contribution < -0.4 is 10.2 Å². The number of benzene rings is 1. The monoisotopic (exact) mass is 310 g/mol. The smallest absolute Gasteiger partial charge is 0.227 e. The highest BCUT2D eigenvalue weighted by Gasteiger charge is 2.18. The second kappa shape index (κ2) is 7.95. The number of anilines is 2. The first-order valence-electron chi connectivity index (χ1n) is 8.67. The van der Waals surface area contributed by atoms with Crippen LogP contribution in [0.3, 0.4) is 0 Å². The van der Waals surface area contributed by atoms with Crippen LogP contribution in [0.4, 0.5) is 11.8 Å². The van der Waals surface area contributed by atoms with Crippen LogP contribution in [0.15, 0.2) is 42.6 Å². The molecule has 1 saturated heterocycles. The molecule has 0 bridgehead atoms. The van der Waals surface area contributed by atoms with E-state index >= 15 is 0 Å². The molecular weight excluding hydrogens is 284 g/mol. The van der Waals surface area contributed by atoms with Crippen molar-refractivity contribution < 1.29 is 0 Å². The minimum Gasteiger partial charge on any atom is -0.370 e. The summed E-state index contributed by atoms with van der Waals surface area (Å²) >= 11 is 0. The molecule has 0 radical (unpaired) electrons. The normalized spacial score (nSPS) is 18.0. The van der Waals surface area contributed by atoms with E-state index in [4.69, 9.17) is 0 Å². The predicted molar refractivity (Wildman–Crippen MR) is 95.9 cm³/mol. The number of hydrogen-bond acceptors (Lipinski definition) is 4. The summed E-state index contributed by atoms with van der Waals surface area (Å²) in [7, 11) is 0. The molecule has 1 aromatic heterocycles. The summed E-state index contributed by atoms with van der Waals surface area (Å²) in [6, 6.07) is 12.6. The molecule has 1 aromatic carbocycles. The maximum atomic E-state index is 4.68. The number of nitrogens with one attached hydrogen (secondary N) is 1. The maximum Gasteiger partial charge on any atom is 0.227 e. The van der Waals surface area contributed by atoms with E-state index in [2.05, 4.69) is 57.4 Å². The van der Waals surface area contributed by atoms with Crippen molar-refractivity contribution in [2.75, 3.05) is 29.9 Å². The number of hydrogen-bond donors (Lipinski definition) is 1. The molecule has 0 aliphatic carbocycles. The molecule has 122 valence electrons. The van der Waals surface area contributed by atoms with Gasteiger partial charge in [0.05, 0.1) is 0 Å². The van der Waals surface area contributed by atoms with Crippen LogP contribution in [-0.2, 0) is 6.42 Å². The molecule has 0 saturated carbocycles. The zero-order valence-electron chi connectivity index (χ0n) is 13.9. The third-order valence-electron chi connectivity index (χ3n) is 4.37. The lowest BCUT2D eigenvalue weighted by atomic mass is 10.0. The molecule has 0 amide bonds. The Morgan fingerprint density at radius 2 is 2.09 bits per heavy atom. The molecule has 1 atom stereocenters. The summed E-state index contributed by atoms with van der Waals surface area (Å²) in [6.07, 6.45) is 6.60. The van der Waals surface area contributed by atoms with E-state index < -0.39 is 0 Å². The lowest BCUT2D eigenvalue weighted by Crippen LogP contribution is -2.35. The van der Waals surface area contributed by atoms with Gasteiger partial charge in [-0.05, 0) is 43.2 Å². The summed E-state index contributed by atoms with van der Waals surface area (Å²) < 4.78 is 0. The minimum atomic E-state index is 0.731. The van der Waals surface area contributed by atoms with Crippen molar-refractivity contribution >= 4 is 11.8 Å². The molecule has 2 heterocycles. The SMILES string of the molecule is CC1CCCN(c2nccc(NCCCc3ccccc3)n2)C1. The van der Waals surface area contributed by atoms with Crippen molar-refractivity contribution in [2.24, 2.45) is 5.92 Å². The van der Waals surface area contributed by atoms with Gasteiger partial charge in [-0.25, -0.2) is 4.98 Å². The average Bonchev–Trinajstić information content (AvgIpc) is 2.60. The van der Waals surface area contributed by atoms with Crippen molar-refractivity contribution in [1.29, 1.82) is 0 Å². The zero-order valence-corrected chi connectivity index (χ0v) is 13.9. The van der Waals surface area contributed by atoms with Gasteiger partial charge in [-0.1, -0.05) is 37.3 Å². The van der Waals surface area contributed by atoms with Crippen LogP contribution in [0.5, 0.6) is 0 Å². The molecule has 4 nitrogen and oxygen atoms in total. The van der Waals surface area contributed by atoms with Crippen molar-refractivity contribution in [1.82, 2.24) is 9.97 Å². The van der Waals surface area contributed by atoms with Crippen molar-refractivity contribution in [3.63, 3.8) is 0 Å². The Bertz CT molecular complexity index is 599. The van der Waals surface area contributed by atoms with E-state index in [0.717, 1.165) is 50.2 Å². The standard InChI is InChI=1S/C19H26N4/c1-16-7-6-14-23(15-16)19-21-13-11-18(22-19)20-12-5-10-17-8-3-2-4-9-17/h2-4,8-9,11,13,16H,5-7,10,12,14-15H2,1H3,(H,20,21,22). The van der Waals surface area contributed by atoms with Gasteiger partial charge in [0.1, 0.15) is 5.82 Å². The lowest BCUT2D eigenvalue weighted by Gasteiger charge is -2.30. The van der Waals surface area contributed by atoms with Gasteiger partial charge in [0.25, 0.3) is 0 Å². The first kappa shape index (κ1) is 15.8. The van der Waals surface area contributed by atoms with E-state index in [9.17, 15) is 0 Å². The van der Waals surface area contributed by atoms with Gasteiger partial charge in [0.15, 0.2) is 0 Å². The Balaban J connectivity index is 1.49. The summed E-state index contributed by atoms with van der Waals surface area (Å²) in [5, 5.41) is 3.43. The Kier molecular flexibility index (Phi) is 5.46. The molecular formula is C19H26N4. The average molecular weight is 310 g/mol. The molecule has 1 fully saturated rings. The van der Waals surface area contributed by atoms with Crippen molar-refractivity contribution in [3.05, 3.63) is 48.2 Å². The van der Waals surface area contributed by atoms with Gasteiger partial charge in [-0.15, -0.1) is 0 Å². The molecule has 0 spiro atoms. The number of aromatic nitrogens is 2. The Morgan fingerprint density at radius 1 is 1.22 bits per heavy atom. The van der Waals surface area contributed by atoms with Crippen LogP contribution in [0, 0.1) is 5.92 Å². The fraction of sp³-hybridized carbons (Fsp3) is 0.474. The molecule has 2 aromatic rings. The first-order valence-corrected chi connectivity index (χ1v) is 8.67. The highest BCUT2D eigenvalue weighted by molar-refractivity contribution is 5.41. The van der Waals surface area contributed by atoms with Crippen molar-refractivity contribution in [3.8, 4) is 0 Å². The van der Waals surface area contributed by atoms with E-state index in [-0.39, 0.29) is 0 Å². The number of aryl methyl sites for hydroxylation is 1. The third kappa shape index (κ3) is 4.68. The lowest BCUT2D eigenvalue weighted by molar-refractivity contribution is 0.442. The number of rotatable bonds is 6. The highest BCUT2D eigenvalue weighted by atomic mass is 15.3. The van der Waals surface area contributed by atoms with E-state index in [1.54, 1.807) is 0 Å². The largest absolute Gasteiger partial charge is 0.370 e. The van der Waals surface area contributed by atoms with Gasteiger partial charge >= 0.3 is 0 Å².